The van der Waals surface area contributed by atoms with Crippen LogP contribution in [0.4, 0.5) is 9.18 Å². The number of nitrogens with zero attached hydrogens (tertiary/aromatic N) is 1. The Morgan fingerprint density at radius 3 is 2.91 bits per heavy atom. The maximum Gasteiger partial charge on any atom is 0.317 e. The lowest BCUT2D eigenvalue weighted by Crippen LogP contribution is -2.43. The summed E-state index contributed by atoms with van der Waals surface area (Å²) in [7, 11) is 1.56. The van der Waals surface area contributed by atoms with E-state index in [4.69, 9.17) is 5.11 Å². The molecule has 1 aromatic carbocycles. The van der Waals surface area contributed by atoms with Gasteiger partial charge < -0.3 is 15.3 Å². The maximum absolute atomic E-state index is 13.4. The van der Waals surface area contributed by atoms with Crippen LogP contribution in [0.3, 0.4) is 0 Å². The Morgan fingerprint density at radius 1 is 1.50 bits per heavy atom. The van der Waals surface area contributed by atoms with E-state index in [1.807, 2.05) is 0 Å². The molecule has 0 heterocycles. The summed E-state index contributed by atoms with van der Waals surface area (Å²) in [4.78, 5) is 24.4. The van der Waals surface area contributed by atoms with Crippen LogP contribution >= 0.6 is 0 Å². The second-order valence-electron chi connectivity index (χ2n) is 5.86. The number of carboxylic acids is 1. The van der Waals surface area contributed by atoms with Gasteiger partial charge in [0.2, 0.25) is 0 Å². The molecule has 0 bridgehead atoms. The van der Waals surface area contributed by atoms with E-state index in [9.17, 15) is 14.0 Å². The predicted molar refractivity (Wildman–Crippen MR) is 80.0 cm³/mol. The zero-order chi connectivity index (χ0) is 16.3. The summed E-state index contributed by atoms with van der Waals surface area (Å²) in [5.74, 6) is -1.88. The van der Waals surface area contributed by atoms with E-state index >= 15 is 0 Å². The summed E-state index contributed by atoms with van der Waals surface area (Å²) in [6.45, 7) is 1.68. The van der Waals surface area contributed by atoms with E-state index in [0.29, 0.717) is 0 Å². The number of urea groups is 1. The Balaban J connectivity index is 2.04. The first kappa shape index (κ1) is 16.3. The Kier molecular flexibility index (Phi) is 5.00. The predicted octanol–water partition coefficient (Wildman–Crippen LogP) is 2.57. The van der Waals surface area contributed by atoms with Crippen molar-refractivity contribution in [2.75, 3.05) is 13.6 Å². The number of amides is 2. The minimum Gasteiger partial charge on any atom is -0.481 e. The van der Waals surface area contributed by atoms with Crippen molar-refractivity contribution in [2.24, 2.45) is 5.92 Å². The molecular weight excluding hydrogens is 287 g/mol. The van der Waals surface area contributed by atoms with Gasteiger partial charge in [-0.15, -0.1) is 0 Å². The minimum atomic E-state index is -0.940. The summed E-state index contributed by atoms with van der Waals surface area (Å²) >= 11 is 0. The molecule has 2 N–H and O–H groups in total. The molecule has 2 amide bonds. The monoisotopic (exact) mass is 308 g/mol. The second kappa shape index (κ2) is 6.77. The van der Waals surface area contributed by atoms with Crippen molar-refractivity contribution in [3.8, 4) is 0 Å². The maximum atomic E-state index is 13.4. The largest absolute Gasteiger partial charge is 0.481 e. The molecule has 0 spiro atoms. The molecule has 120 valence electrons. The van der Waals surface area contributed by atoms with Gasteiger partial charge >= 0.3 is 12.0 Å². The van der Waals surface area contributed by atoms with Gasteiger partial charge in [0, 0.05) is 13.6 Å². The lowest BCUT2D eigenvalue weighted by Gasteiger charge is -2.29. The lowest BCUT2D eigenvalue weighted by atomic mass is 9.87. The van der Waals surface area contributed by atoms with Crippen LogP contribution in [0, 0.1) is 11.7 Å². The van der Waals surface area contributed by atoms with Gasteiger partial charge in [0.25, 0.3) is 0 Å². The SMILES string of the molecule is CC(CN(C)C(=O)N[C@@H]1CCCc2ccc(F)cc21)C(=O)O. The number of carbonyl (C=O) groups excluding carboxylic acids is 1. The zero-order valence-electron chi connectivity index (χ0n) is 12.8. The summed E-state index contributed by atoms with van der Waals surface area (Å²) in [6, 6.07) is 4.10. The Morgan fingerprint density at radius 2 is 2.23 bits per heavy atom. The van der Waals surface area contributed by atoms with Crippen LogP contribution in [0.1, 0.15) is 36.9 Å². The molecule has 1 aromatic rings. The number of benzene rings is 1. The van der Waals surface area contributed by atoms with Crippen molar-refractivity contribution in [3.63, 3.8) is 0 Å². The third-order valence-electron chi connectivity index (χ3n) is 4.04. The molecule has 0 aromatic heterocycles. The number of carbonyl (C=O) groups is 2. The second-order valence-corrected chi connectivity index (χ2v) is 5.86. The van der Waals surface area contributed by atoms with Crippen LogP contribution in [0.2, 0.25) is 0 Å². The normalized spacial score (nSPS) is 18.2. The number of aryl methyl sites for hydroxylation is 1. The third-order valence-corrected chi connectivity index (χ3v) is 4.04. The number of nitrogens with one attached hydrogen (secondary N) is 1. The number of hydrogen-bond donors (Lipinski definition) is 2. The average molecular weight is 308 g/mol. The number of halogens is 1. The fraction of sp³-hybridized carbons (Fsp3) is 0.500. The topological polar surface area (TPSA) is 69.6 Å². The highest BCUT2D eigenvalue weighted by atomic mass is 19.1. The van der Waals surface area contributed by atoms with Crippen molar-refractivity contribution >= 4 is 12.0 Å². The van der Waals surface area contributed by atoms with E-state index < -0.39 is 11.9 Å². The highest BCUT2D eigenvalue weighted by molar-refractivity contribution is 5.76. The number of carboxylic acid groups (broad SMARTS) is 1. The molecule has 2 atom stereocenters. The van der Waals surface area contributed by atoms with Crippen molar-refractivity contribution in [1.82, 2.24) is 10.2 Å². The van der Waals surface area contributed by atoms with Crippen LogP contribution in [-0.4, -0.2) is 35.6 Å². The van der Waals surface area contributed by atoms with Crippen LogP contribution in [0.25, 0.3) is 0 Å². The summed E-state index contributed by atoms with van der Waals surface area (Å²) in [6.07, 6.45) is 2.57. The number of aliphatic carboxylic acids is 1. The van der Waals surface area contributed by atoms with Gasteiger partial charge in [0.15, 0.2) is 0 Å². The van der Waals surface area contributed by atoms with Crippen molar-refractivity contribution in [2.45, 2.75) is 32.2 Å². The average Bonchev–Trinajstić information content (AvgIpc) is 2.47. The van der Waals surface area contributed by atoms with E-state index in [1.165, 1.54) is 17.0 Å². The number of hydrogen-bond acceptors (Lipinski definition) is 2. The first-order valence-corrected chi connectivity index (χ1v) is 7.41. The Bertz CT molecular complexity index is 577. The minimum absolute atomic E-state index is 0.129. The molecule has 5 nitrogen and oxygen atoms in total. The van der Waals surface area contributed by atoms with E-state index in [0.717, 1.165) is 30.4 Å². The van der Waals surface area contributed by atoms with Gasteiger partial charge in [0.05, 0.1) is 12.0 Å². The van der Waals surface area contributed by atoms with E-state index in [2.05, 4.69) is 5.32 Å². The number of fused-ring (bicyclic) bond motifs is 1. The van der Waals surface area contributed by atoms with Crippen LogP contribution in [0.5, 0.6) is 0 Å². The molecule has 0 saturated heterocycles. The Hall–Kier alpha value is -2.11. The molecule has 0 aliphatic heterocycles. The molecule has 6 heteroatoms. The quantitative estimate of drug-likeness (QED) is 0.898. The molecule has 0 fully saturated rings. The van der Waals surface area contributed by atoms with Crippen LogP contribution < -0.4 is 5.32 Å². The first-order chi connectivity index (χ1) is 10.4. The van der Waals surface area contributed by atoms with Crippen LogP contribution in [-0.2, 0) is 11.2 Å². The van der Waals surface area contributed by atoms with Gasteiger partial charge in [0.1, 0.15) is 5.82 Å². The van der Waals surface area contributed by atoms with Gasteiger partial charge in [-0.05, 0) is 42.5 Å². The van der Waals surface area contributed by atoms with Gasteiger partial charge in [-0.2, -0.15) is 0 Å². The van der Waals surface area contributed by atoms with Gasteiger partial charge in [-0.3, -0.25) is 4.79 Å². The third kappa shape index (κ3) is 3.75. The Labute approximate surface area is 129 Å². The standard InChI is InChI=1S/C16H21FN2O3/c1-10(15(20)21)9-19(2)16(22)18-14-5-3-4-11-6-7-12(17)8-13(11)14/h6-8,10,14H,3-5,9H2,1-2H3,(H,18,22)(H,20,21)/t10?,14-/m1/s1. The van der Waals surface area contributed by atoms with Gasteiger partial charge in [-0.1, -0.05) is 13.0 Å². The highest BCUT2D eigenvalue weighted by Gasteiger charge is 2.24. The molecule has 0 radical (unpaired) electrons. The molecule has 2 rings (SSSR count). The highest BCUT2D eigenvalue weighted by Crippen LogP contribution is 2.30. The fourth-order valence-corrected chi connectivity index (χ4v) is 2.75. The summed E-state index contributed by atoms with van der Waals surface area (Å²) in [5.41, 5.74) is 1.87. The first-order valence-electron chi connectivity index (χ1n) is 7.41. The zero-order valence-corrected chi connectivity index (χ0v) is 12.8. The lowest BCUT2D eigenvalue weighted by molar-refractivity contribution is -0.141. The molecule has 1 aliphatic carbocycles. The smallest absolute Gasteiger partial charge is 0.317 e. The van der Waals surface area contributed by atoms with Crippen LogP contribution in [0.15, 0.2) is 18.2 Å². The van der Waals surface area contributed by atoms with Gasteiger partial charge in [-0.25, -0.2) is 9.18 Å². The number of rotatable bonds is 4. The molecular formula is C16H21FN2O3. The van der Waals surface area contributed by atoms with Crippen molar-refractivity contribution in [3.05, 3.63) is 35.1 Å². The molecule has 22 heavy (non-hydrogen) atoms. The molecule has 1 unspecified atom stereocenters. The fourth-order valence-electron chi connectivity index (χ4n) is 2.75. The van der Waals surface area contributed by atoms with E-state index in [-0.39, 0.29) is 24.4 Å². The van der Waals surface area contributed by atoms with Crippen molar-refractivity contribution in [1.29, 1.82) is 0 Å². The summed E-state index contributed by atoms with van der Waals surface area (Å²) in [5, 5.41) is 11.8. The van der Waals surface area contributed by atoms with Crippen molar-refractivity contribution < 1.29 is 19.1 Å². The van der Waals surface area contributed by atoms with E-state index in [1.54, 1.807) is 20.0 Å². The molecule has 0 saturated carbocycles. The molecule has 1 aliphatic rings. The summed E-state index contributed by atoms with van der Waals surface area (Å²) < 4.78 is 13.4.